The Bertz CT molecular complexity index is 759. The first-order chi connectivity index (χ1) is 13.5. The van der Waals surface area contributed by atoms with Gasteiger partial charge in [0.2, 0.25) is 0 Å². The number of nitrogens with one attached hydrogen (secondary N) is 1. The Morgan fingerprint density at radius 2 is 1.79 bits per heavy atom. The number of carbonyl (C=O) groups is 2. The lowest BCUT2D eigenvalue weighted by molar-refractivity contribution is -0.127. The Morgan fingerprint density at radius 1 is 1.07 bits per heavy atom. The number of nitrogens with zero attached hydrogens (tertiary/aromatic N) is 5. The van der Waals surface area contributed by atoms with Crippen LogP contribution in [0, 0.1) is 0 Å². The van der Waals surface area contributed by atoms with Crippen molar-refractivity contribution < 1.29 is 9.59 Å². The molecule has 3 heterocycles. The minimum atomic E-state index is -0.451. The molecule has 2 atom stereocenters. The zero-order valence-corrected chi connectivity index (χ0v) is 16.5. The minimum absolute atomic E-state index is 0.249. The number of piperazine rings is 1. The van der Waals surface area contributed by atoms with E-state index in [1.165, 1.54) is 5.56 Å². The van der Waals surface area contributed by atoms with Crippen LogP contribution in [0.5, 0.6) is 0 Å². The van der Waals surface area contributed by atoms with Crippen LogP contribution < -0.4 is 5.32 Å². The van der Waals surface area contributed by atoms with Gasteiger partial charge in [0.1, 0.15) is 0 Å². The predicted octanol–water partition coefficient (Wildman–Crippen LogP) is 0.415. The average molecular weight is 384 g/mol. The highest BCUT2D eigenvalue weighted by Crippen LogP contribution is 2.26. The average Bonchev–Trinajstić information content (AvgIpc) is 3.08. The quantitative estimate of drug-likeness (QED) is 0.814. The van der Waals surface area contributed by atoms with Crippen LogP contribution in [-0.4, -0.2) is 96.5 Å². The summed E-state index contributed by atoms with van der Waals surface area (Å²) >= 11 is 0. The maximum Gasteiger partial charge on any atom is 0.325 e. The summed E-state index contributed by atoms with van der Waals surface area (Å²) in [5.41, 5.74) is 1.29. The molecule has 0 aromatic heterocycles. The largest absolute Gasteiger partial charge is 0.340 e. The van der Waals surface area contributed by atoms with Crippen LogP contribution >= 0.6 is 0 Å². The highest BCUT2D eigenvalue weighted by molar-refractivity contribution is 6.03. The van der Waals surface area contributed by atoms with E-state index < -0.39 is 12.2 Å². The molecule has 0 aliphatic carbocycles. The number of aryl methyl sites for hydroxylation is 1. The molecular weight excluding hydrogens is 356 g/mol. The van der Waals surface area contributed by atoms with E-state index in [1.54, 1.807) is 11.9 Å². The van der Waals surface area contributed by atoms with Gasteiger partial charge in [-0.1, -0.05) is 30.3 Å². The molecule has 2 fully saturated rings. The van der Waals surface area contributed by atoms with Crippen molar-refractivity contribution >= 4 is 17.9 Å². The van der Waals surface area contributed by atoms with Gasteiger partial charge in [0, 0.05) is 39.8 Å². The minimum Gasteiger partial charge on any atom is -0.340 e. The first-order valence-corrected chi connectivity index (χ1v) is 9.94. The standard InChI is InChI=1S/C20H28N6O2/c1-23-11-13-25(14-12-23)19-21-17-16(18(27)22-20(28)24(17)2)26(19)10-6-9-15-7-4-3-5-8-15/h3-5,7-8,16-17H,6,9-14H2,1-2H3,(H,22,27,28). The third kappa shape index (κ3) is 3.56. The molecule has 1 aromatic rings. The smallest absolute Gasteiger partial charge is 0.325 e. The molecule has 3 aliphatic heterocycles. The molecule has 0 radical (unpaired) electrons. The van der Waals surface area contributed by atoms with Crippen LogP contribution in [0.2, 0.25) is 0 Å². The second-order valence-corrected chi connectivity index (χ2v) is 7.77. The van der Waals surface area contributed by atoms with E-state index in [0.29, 0.717) is 0 Å². The van der Waals surface area contributed by atoms with E-state index in [2.05, 4.69) is 39.2 Å². The Labute approximate surface area is 165 Å². The highest BCUT2D eigenvalue weighted by Gasteiger charge is 2.49. The molecule has 2 saturated heterocycles. The van der Waals surface area contributed by atoms with Crippen molar-refractivity contribution in [1.29, 1.82) is 0 Å². The highest BCUT2D eigenvalue weighted by atomic mass is 16.2. The Balaban J connectivity index is 1.52. The van der Waals surface area contributed by atoms with Gasteiger partial charge >= 0.3 is 6.03 Å². The molecule has 0 spiro atoms. The van der Waals surface area contributed by atoms with Gasteiger partial charge in [0.25, 0.3) is 5.91 Å². The fourth-order valence-corrected chi connectivity index (χ4v) is 4.12. The summed E-state index contributed by atoms with van der Waals surface area (Å²) in [4.78, 5) is 37.8. The fraction of sp³-hybridized carbons (Fsp3) is 0.550. The first-order valence-electron chi connectivity index (χ1n) is 9.94. The fourth-order valence-electron chi connectivity index (χ4n) is 4.12. The molecule has 8 nitrogen and oxygen atoms in total. The van der Waals surface area contributed by atoms with Crippen LogP contribution in [-0.2, 0) is 11.2 Å². The number of rotatable bonds is 4. The maximum absolute atomic E-state index is 12.7. The number of amides is 3. The van der Waals surface area contributed by atoms with E-state index in [4.69, 9.17) is 4.99 Å². The molecule has 4 rings (SSSR count). The van der Waals surface area contributed by atoms with E-state index in [9.17, 15) is 9.59 Å². The Hall–Kier alpha value is -2.61. The van der Waals surface area contributed by atoms with Gasteiger partial charge in [-0.2, -0.15) is 0 Å². The third-order valence-corrected chi connectivity index (χ3v) is 5.83. The number of fused-ring (bicyclic) bond motifs is 1. The molecule has 3 aliphatic rings. The number of hydrogen-bond donors (Lipinski definition) is 1. The van der Waals surface area contributed by atoms with Gasteiger partial charge in [0.05, 0.1) is 0 Å². The predicted molar refractivity (Wildman–Crippen MR) is 107 cm³/mol. The number of urea groups is 1. The van der Waals surface area contributed by atoms with Crippen LogP contribution in [0.4, 0.5) is 4.79 Å². The SMILES string of the molecule is CN1CCN(C2=NC3C(C(=O)NC(=O)N3C)N2CCCc2ccccc2)CC1. The normalized spacial score (nSPS) is 25.6. The Kier molecular flexibility index (Phi) is 5.21. The summed E-state index contributed by atoms with van der Waals surface area (Å²) in [6.07, 6.45) is 1.42. The lowest BCUT2D eigenvalue weighted by Gasteiger charge is -2.39. The number of guanidine groups is 1. The van der Waals surface area contributed by atoms with E-state index in [-0.39, 0.29) is 11.9 Å². The van der Waals surface area contributed by atoms with E-state index in [1.807, 2.05) is 18.2 Å². The van der Waals surface area contributed by atoms with Crippen molar-refractivity contribution in [2.75, 3.05) is 46.8 Å². The van der Waals surface area contributed by atoms with Crippen molar-refractivity contribution in [3.8, 4) is 0 Å². The number of carbonyl (C=O) groups excluding carboxylic acids is 2. The van der Waals surface area contributed by atoms with Gasteiger partial charge in [-0.15, -0.1) is 0 Å². The molecule has 1 aromatic carbocycles. The lowest BCUT2D eigenvalue weighted by Crippen LogP contribution is -2.64. The van der Waals surface area contributed by atoms with Crippen molar-refractivity contribution in [2.24, 2.45) is 4.99 Å². The Morgan fingerprint density at radius 3 is 2.50 bits per heavy atom. The molecule has 2 unspecified atom stereocenters. The van der Waals surface area contributed by atoms with E-state index in [0.717, 1.165) is 51.5 Å². The second kappa shape index (κ2) is 7.79. The molecule has 28 heavy (non-hydrogen) atoms. The summed E-state index contributed by atoms with van der Waals surface area (Å²) in [5.74, 6) is 0.605. The molecule has 0 bridgehead atoms. The summed E-state index contributed by atoms with van der Waals surface area (Å²) < 4.78 is 0. The molecule has 0 saturated carbocycles. The molecule has 150 valence electrons. The second-order valence-electron chi connectivity index (χ2n) is 7.77. The van der Waals surface area contributed by atoms with Gasteiger partial charge in [0.15, 0.2) is 18.2 Å². The summed E-state index contributed by atoms with van der Waals surface area (Å²) in [7, 11) is 3.82. The van der Waals surface area contributed by atoms with Crippen molar-refractivity contribution in [1.82, 2.24) is 24.9 Å². The van der Waals surface area contributed by atoms with Crippen molar-refractivity contribution in [3.63, 3.8) is 0 Å². The summed E-state index contributed by atoms with van der Waals surface area (Å²) in [6.45, 7) is 4.42. The zero-order valence-electron chi connectivity index (χ0n) is 16.5. The topological polar surface area (TPSA) is 71.5 Å². The number of benzene rings is 1. The summed E-state index contributed by atoms with van der Waals surface area (Å²) in [6, 6.07) is 9.55. The van der Waals surface area contributed by atoms with Gasteiger partial charge in [-0.3, -0.25) is 10.1 Å². The number of likely N-dealkylation sites (N-methyl/N-ethyl adjacent to an activating group) is 2. The van der Waals surface area contributed by atoms with Crippen LogP contribution in [0.3, 0.4) is 0 Å². The van der Waals surface area contributed by atoms with Gasteiger partial charge in [-0.25, -0.2) is 9.79 Å². The lowest BCUT2D eigenvalue weighted by atomic mass is 10.1. The molecular formula is C20H28N6O2. The number of imide groups is 1. The van der Waals surface area contributed by atoms with E-state index >= 15 is 0 Å². The zero-order chi connectivity index (χ0) is 19.7. The molecule has 8 heteroatoms. The van der Waals surface area contributed by atoms with Crippen LogP contribution in [0.25, 0.3) is 0 Å². The monoisotopic (exact) mass is 384 g/mol. The van der Waals surface area contributed by atoms with Crippen LogP contribution in [0.1, 0.15) is 12.0 Å². The third-order valence-electron chi connectivity index (χ3n) is 5.83. The molecule has 3 amide bonds. The summed E-state index contributed by atoms with van der Waals surface area (Å²) in [5, 5.41) is 2.48. The number of aliphatic imine (C=N–C) groups is 1. The first kappa shape index (κ1) is 18.7. The number of hydrogen-bond acceptors (Lipinski definition) is 6. The van der Waals surface area contributed by atoms with Crippen molar-refractivity contribution in [3.05, 3.63) is 35.9 Å². The van der Waals surface area contributed by atoms with Crippen molar-refractivity contribution in [2.45, 2.75) is 25.0 Å². The molecule has 1 N–H and O–H groups in total. The van der Waals surface area contributed by atoms with Gasteiger partial charge < -0.3 is 19.6 Å². The van der Waals surface area contributed by atoms with Crippen LogP contribution in [0.15, 0.2) is 35.3 Å². The van der Waals surface area contributed by atoms with Gasteiger partial charge in [-0.05, 0) is 25.5 Å². The maximum atomic E-state index is 12.7.